The lowest BCUT2D eigenvalue weighted by Crippen LogP contribution is -2.10. The maximum atomic E-state index is 5.45. The molecule has 0 aromatic heterocycles. The fourth-order valence-corrected chi connectivity index (χ4v) is 1.41. The molecule has 0 heterocycles. The summed E-state index contributed by atoms with van der Waals surface area (Å²) in [6.45, 7) is 1.99. The Kier molecular flexibility index (Phi) is 3.36. The van der Waals surface area contributed by atoms with Gasteiger partial charge in [-0.15, -0.1) is 6.42 Å². The Bertz CT molecular complexity index is 381. The van der Waals surface area contributed by atoms with Crippen molar-refractivity contribution < 1.29 is 0 Å². The van der Waals surface area contributed by atoms with Crippen molar-refractivity contribution in [1.82, 2.24) is 0 Å². The third kappa shape index (κ3) is 1.97. The third-order valence-electron chi connectivity index (χ3n) is 2.05. The van der Waals surface area contributed by atoms with E-state index >= 15 is 0 Å². The average Bonchev–Trinajstić information content (AvgIpc) is 2.18. The van der Waals surface area contributed by atoms with Crippen LogP contribution in [0.3, 0.4) is 0 Å². The summed E-state index contributed by atoms with van der Waals surface area (Å²) in [6.07, 6.45) is 9.50. The van der Waals surface area contributed by atoms with Gasteiger partial charge >= 0.3 is 0 Å². The molecule has 0 radical (unpaired) electrons. The second-order valence-electron chi connectivity index (χ2n) is 3.28. The molecule has 1 rings (SSSR count). The molecule has 1 aromatic carbocycles. The van der Waals surface area contributed by atoms with Crippen molar-refractivity contribution in [2.45, 2.75) is 6.92 Å². The number of terminal acetylenes is 1. The fraction of sp³-hybridized carbons (Fsp3) is 0.231. The highest BCUT2D eigenvalue weighted by molar-refractivity contribution is 5.72. The van der Waals surface area contributed by atoms with Crippen LogP contribution in [0.15, 0.2) is 24.3 Å². The minimum Gasteiger partial charge on any atom is -0.377 e. The van der Waals surface area contributed by atoms with E-state index in [1.54, 1.807) is 0 Å². The van der Waals surface area contributed by atoms with Crippen LogP contribution >= 0.6 is 0 Å². The lowest BCUT2D eigenvalue weighted by atomic mass is 10.0. The van der Waals surface area contributed by atoms with Crippen LogP contribution in [0.1, 0.15) is 18.1 Å². The molecule has 72 valence electrons. The summed E-state index contributed by atoms with van der Waals surface area (Å²) < 4.78 is 0. The summed E-state index contributed by atoms with van der Waals surface area (Å²) in [5.41, 5.74) is 3.20. The van der Waals surface area contributed by atoms with Crippen molar-refractivity contribution in [3.63, 3.8) is 0 Å². The average molecular weight is 185 g/mol. The smallest absolute Gasteiger partial charge is 0.0447 e. The second kappa shape index (κ2) is 4.53. The van der Waals surface area contributed by atoms with Crippen molar-refractivity contribution in [2.24, 2.45) is 0 Å². The predicted octanol–water partition coefficient (Wildman–Crippen LogP) is 2.77. The summed E-state index contributed by atoms with van der Waals surface area (Å²) in [5, 5.41) is 0. The molecule has 0 bridgehead atoms. The Hall–Kier alpha value is -1.68. The highest BCUT2D eigenvalue weighted by Crippen LogP contribution is 2.23. The molecule has 0 fully saturated rings. The molecule has 0 atom stereocenters. The molecule has 1 heteroatoms. The van der Waals surface area contributed by atoms with Crippen LogP contribution in [0.4, 0.5) is 5.69 Å². The number of hydrogen-bond donors (Lipinski definition) is 0. The molecule has 0 amide bonds. The van der Waals surface area contributed by atoms with Crippen LogP contribution in [0, 0.1) is 12.3 Å². The van der Waals surface area contributed by atoms with Gasteiger partial charge < -0.3 is 4.90 Å². The first-order chi connectivity index (χ1) is 6.70. The van der Waals surface area contributed by atoms with E-state index in [-0.39, 0.29) is 0 Å². The highest BCUT2D eigenvalue weighted by Gasteiger charge is 2.04. The maximum absolute atomic E-state index is 5.45. The summed E-state index contributed by atoms with van der Waals surface area (Å²) >= 11 is 0. The van der Waals surface area contributed by atoms with E-state index in [0.29, 0.717) is 0 Å². The van der Waals surface area contributed by atoms with E-state index < -0.39 is 0 Å². The Balaban J connectivity index is 3.37. The van der Waals surface area contributed by atoms with E-state index in [9.17, 15) is 0 Å². The topological polar surface area (TPSA) is 3.24 Å². The molecular formula is C13H15N. The lowest BCUT2D eigenvalue weighted by Gasteiger charge is -2.16. The van der Waals surface area contributed by atoms with Gasteiger partial charge in [-0.05, 0) is 19.1 Å². The molecule has 0 spiro atoms. The molecule has 0 unspecified atom stereocenters. The summed E-state index contributed by atoms with van der Waals surface area (Å²) in [7, 11) is 4.03. The van der Waals surface area contributed by atoms with Crippen LogP contribution in [0.25, 0.3) is 6.08 Å². The first kappa shape index (κ1) is 10.4. The van der Waals surface area contributed by atoms with Crippen LogP contribution in [0.2, 0.25) is 0 Å². The van der Waals surface area contributed by atoms with Crippen molar-refractivity contribution in [2.75, 3.05) is 19.0 Å². The van der Waals surface area contributed by atoms with Gasteiger partial charge in [0.15, 0.2) is 0 Å². The van der Waals surface area contributed by atoms with E-state index in [1.165, 1.54) is 0 Å². The molecule has 1 nitrogen and oxygen atoms in total. The van der Waals surface area contributed by atoms with Gasteiger partial charge in [-0.1, -0.05) is 24.1 Å². The van der Waals surface area contributed by atoms with E-state index in [0.717, 1.165) is 16.8 Å². The summed E-state index contributed by atoms with van der Waals surface area (Å²) in [5.74, 6) is 2.70. The Morgan fingerprint density at radius 2 is 2.07 bits per heavy atom. The van der Waals surface area contributed by atoms with Gasteiger partial charge in [0.25, 0.3) is 0 Å². The summed E-state index contributed by atoms with van der Waals surface area (Å²) in [4.78, 5) is 2.07. The number of allylic oxidation sites excluding steroid dienone is 1. The van der Waals surface area contributed by atoms with Gasteiger partial charge in [0, 0.05) is 30.9 Å². The van der Waals surface area contributed by atoms with E-state index in [2.05, 4.69) is 16.9 Å². The Labute approximate surface area is 86.1 Å². The van der Waals surface area contributed by atoms with Gasteiger partial charge in [-0.2, -0.15) is 0 Å². The summed E-state index contributed by atoms with van der Waals surface area (Å²) in [6, 6.07) is 6.01. The maximum Gasteiger partial charge on any atom is 0.0447 e. The molecule has 0 saturated heterocycles. The molecule has 0 saturated carbocycles. The number of rotatable bonds is 2. The largest absolute Gasteiger partial charge is 0.377 e. The SMILES string of the molecule is C#Cc1cccc(N(C)C)c1/C=C\C. The Morgan fingerprint density at radius 3 is 2.57 bits per heavy atom. The molecule has 14 heavy (non-hydrogen) atoms. The van der Waals surface area contributed by atoms with Gasteiger partial charge in [-0.3, -0.25) is 0 Å². The lowest BCUT2D eigenvalue weighted by molar-refractivity contribution is 1.13. The molecule has 0 aliphatic heterocycles. The Morgan fingerprint density at radius 1 is 1.36 bits per heavy atom. The minimum atomic E-state index is 0.939. The predicted molar refractivity (Wildman–Crippen MR) is 63.4 cm³/mol. The third-order valence-corrected chi connectivity index (χ3v) is 2.05. The van der Waals surface area contributed by atoms with Gasteiger partial charge in [0.05, 0.1) is 0 Å². The van der Waals surface area contributed by atoms with Crippen LogP contribution in [-0.4, -0.2) is 14.1 Å². The molecular weight excluding hydrogens is 170 g/mol. The zero-order valence-corrected chi connectivity index (χ0v) is 8.91. The second-order valence-corrected chi connectivity index (χ2v) is 3.28. The molecule has 0 aliphatic rings. The fourth-order valence-electron chi connectivity index (χ4n) is 1.41. The molecule has 1 aromatic rings. The van der Waals surface area contributed by atoms with E-state index in [1.807, 2.05) is 45.3 Å². The monoisotopic (exact) mass is 185 g/mol. The van der Waals surface area contributed by atoms with Crippen LogP contribution in [-0.2, 0) is 0 Å². The number of nitrogens with zero attached hydrogens (tertiary/aromatic N) is 1. The van der Waals surface area contributed by atoms with Gasteiger partial charge in [-0.25, -0.2) is 0 Å². The van der Waals surface area contributed by atoms with Crippen molar-refractivity contribution >= 4 is 11.8 Å². The number of anilines is 1. The minimum absolute atomic E-state index is 0.939. The first-order valence-corrected chi connectivity index (χ1v) is 4.60. The van der Waals surface area contributed by atoms with Crippen molar-refractivity contribution in [3.05, 3.63) is 35.4 Å². The number of hydrogen-bond acceptors (Lipinski definition) is 1. The van der Waals surface area contributed by atoms with E-state index in [4.69, 9.17) is 6.42 Å². The van der Waals surface area contributed by atoms with Crippen LogP contribution < -0.4 is 4.90 Å². The zero-order chi connectivity index (χ0) is 10.6. The standard InChI is InChI=1S/C13H15N/c1-5-8-12-11(6-2)9-7-10-13(12)14(3)4/h2,5,7-10H,1,3-4H3/b8-5-. The van der Waals surface area contributed by atoms with Crippen LogP contribution in [0.5, 0.6) is 0 Å². The highest BCUT2D eigenvalue weighted by atomic mass is 15.1. The quantitative estimate of drug-likeness (QED) is 0.640. The molecule has 0 N–H and O–H groups in total. The molecule has 0 aliphatic carbocycles. The normalized spacial score (nSPS) is 10.1. The van der Waals surface area contributed by atoms with Gasteiger partial charge in [0.2, 0.25) is 0 Å². The zero-order valence-electron chi connectivity index (χ0n) is 8.91. The number of benzene rings is 1. The van der Waals surface area contributed by atoms with Crippen molar-refractivity contribution in [1.29, 1.82) is 0 Å². The first-order valence-electron chi connectivity index (χ1n) is 4.60. The van der Waals surface area contributed by atoms with Crippen molar-refractivity contribution in [3.8, 4) is 12.3 Å². The van der Waals surface area contributed by atoms with Gasteiger partial charge in [0.1, 0.15) is 0 Å².